The van der Waals surface area contributed by atoms with Crippen LogP contribution in [-0.2, 0) is 0 Å². The normalized spacial score (nSPS) is 26.3. The van der Waals surface area contributed by atoms with E-state index in [2.05, 4.69) is 23.3 Å². The van der Waals surface area contributed by atoms with Gasteiger partial charge in [0, 0.05) is 12.2 Å². The maximum Gasteiger partial charge on any atom is 0.137 e. The van der Waals surface area contributed by atoms with Crippen molar-refractivity contribution in [1.82, 2.24) is 10.3 Å². The molecular formula is C12H18N2O. The van der Waals surface area contributed by atoms with Gasteiger partial charge >= 0.3 is 0 Å². The number of piperidine rings is 1. The molecule has 0 saturated carbocycles. The van der Waals surface area contributed by atoms with E-state index in [9.17, 15) is 0 Å². The summed E-state index contributed by atoms with van der Waals surface area (Å²) in [6, 6.07) is 2.52. The van der Waals surface area contributed by atoms with Crippen LogP contribution in [0.4, 0.5) is 0 Å². The van der Waals surface area contributed by atoms with E-state index in [1.165, 1.54) is 18.4 Å². The number of rotatable bonds is 2. The fourth-order valence-corrected chi connectivity index (χ4v) is 2.02. The molecule has 0 aliphatic carbocycles. The predicted molar refractivity (Wildman–Crippen MR) is 59.9 cm³/mol. The average molecular weight is 206 g/mol. The van der Waals surface area contributed by atoms with Crippen molar-refractivity contribution < 1.29 is 4.74 Å². The molecule has 1 aromatic rings. The van der Waals surface area contributed by atoms with E-state index in [1.54, 1.807) is 13.3 Å². The molecule has 1 aliphatic rings. The molecule has 3 nitrogen and oxygen atoms in total. The lowest BCUT2D eigenvalue weighted by atomic mass is 9.93. The second-order valence-corrected chi connectivity index (χ2v) is 4.30. The van der Waals surface area contributed by atoms with Gasteiger partial charge in [0.15, 0.2) is 0 Å². The van der Waals surface area contributed by atoms with E-state index >= 15 is 0 Å². The van der Waals surface area contributed by atoms with Crippen LogP contribution in [0, 0.1) is 5.92 Å². The zero-order chi connectivity index (χ0) is 10.7. The van der Waals surface area contributed by atoms with Crippen LogP contribution in [0.2, 0.25) is 0 Å². The lowest BCUT2D eigenvalue weighted by molar-refractivity contribution is 0.331. The number of nitrogens with one attached hydrogen (secondary N) is 1. The number of nitrogens with zero attached hydrogens (tertiary/aromatic N) is 1. The van der Waals surface area contributed by atoms with E-state index in [4.69, 9.17) is 4.74 Å². The van der Waals surface area contributed by atoms with E-state index in [-0.39, 0.29) is 0 Å². The lowest BCUT2D eigenvalue weighted by Gasteiger charge is -2.28. The third-order valence-corrected chi connectivity index (χ3v) is 3.03. The van der Waals surface area contributed by atoms with Crippen LogP contribution >= 0.6 is 0 Å². The molecule has 0 spiro atoms. The van der Waals surface area contributed by atoms with Gasteiger partial charge in [-0.2, -0.15) is 0 Å². The number of hydrogen-bond acceptors (Lipinski definition) is 3. The molecule has 0 amide bonds. The Morgan fingerprint density at radius 1 is 1.40 bits per heavy atom. The van der Waals surface area contributed by atoms with Crippen molar-refractivity contribution in [3.63, 3.8) is 0 Å². The van der Waals surface area contributed by atoms with Gasteiger partial charge in [-0.3, -0.25) is 4.98 Å². The number of aromatic nitrogens is 1. The largest absolute Gasteiger partial charge is 0.495 e. The lowest BCUT2D eigenvalue weighted by Crippen LogP contribution is -2.31. The van der Waals surface area contributed by atoms with Gasteiger partial charge < -0.3 is 10.1 Å². The Hall–Kier alpha value is -1.09. The van der Waals surface area contributed by atoms with Crippen LogP contribution in [0.5, 0.6) is 5.75 Å². The van der Waals surface area contributed by atoms with Gasteiger partial charge in [-0.1, -0.05) is 6.92 Å². The highest BCUT2D eigenvalue weighted by Crippen LogP contribution is 2.26. The monoisotopic (exact) mass is 206 g/mol. The molecule has 0 bridgehead atoms. The van der Waals surface area contributed by atoms with E-state index < -0.39 is 0 Å². The molecular weight excluding hydrogens is 188 g/mol. The number of methoxy groups -OCH3 is 1. The van der Waals surface area contributed by atoms with Crippen molar-refractivity contribution in [2.45, 2.75) is 25.8 Å². The van der Waals surface area contributed by atoms with Gasteiger partial charge in [-0.25, -0.2) is 0 Å². The standard InChI is InChI=1S/C12H18N2O/c1-9-3-4-12(14-6-9)10-5-11(15-2)8-13-7-10/h5,7-9,12,14H,3-4,6H2,1-2H3/t9-,12+/m0/s1. The summed E-state index contributed by atoms with van der Waals surface area (Å²) in [7, 11) is 1.68. The SMILES string of the molecule is COc1cncc([C@H]2CC[C@H](C)CN2)c1. The molecule has 0 radical (unpaired) electrons. The van der Waals surface area contributed by atoms with Crippen molar-refractivity contribution in [2.24, 2.45) is 5.92 Å². The Labute approximate surface area is 90.9 Å². The molecule has 1 aliphatic heterocycles. The molecule has 0 unspecified atom stereocenters. The van der Waals surface area contributed by atoms with Gasteiger partial charge in [0.1, 0.15) is 5.75 Å². The first-order valence-corrected chi connectivity index (χ1v) is 5.52. The summed E-state index contributed by atoms with van der Waals surface area (Å²) in [5, 5.41) is 3.54. The third kappa shape index (κ3) is 2.48. The van der Waals surface area contributed by atoms with Crippen LogP contribution < -0.4 is 10.1 Å². The molecule has 2 rings (SSSR count). The fraction of sp³-hybridized carbons (Fsp3) is 0.583. The minimum Gasteiger partial charge on any atom is -0.495 e. The fourth-order valence-electron chi connectivity index (χ4n) is 2.02. The van der Waals surface area contributed by atoms with Crippen LogP contribution in [0.3, 0.4) is 0 Å². The predicted octanol–water partition coefficient (Wildman–Crippen LogP) is 2.15. The second kappa shape index (κ2) is 4.62. The maximum atomic E-state index is 5.18. The number of hydrogen-bond donors (Lipinski definition) is 1. The topological polar surface area (TPSA) is 34.1 Å². The third-order valence-electron chi connectivity index (χ3n) is 3.03. The van der Waals surface area contributed by atoms with Gasteiger partial charge in [0.25, 0.3) is 0 Å². The van der Waals surface area contributed by atoms with Gasteiger partial charge in [0.05, 0.1) is 13.3 Å². The summed E-state index contributed by atoms with van der Waals surface area (Å²) >= 11 is 0. The first kappa shape index (κ1) is 10.4. The minimum absolute atomic E-state index is 0.448. The van der Waals surface area contributed by atoms with Crippen LogP contribution in [-0.4, -0.2) is 18.6 Å². The highest BCUT2D eigenvalue weighted by atomic mass is 16.5. The van der Waals surface area contributed by atoms with Crippen LogP contribution in [0.25, 0.3) is 0 Å². The second-order valence-electron chi connectivity index (χ2n) is 4.30. The molecule has 1 aromatic heterocycles. The quantitative estimate of drug-likeness (QED) is 0.805. The molecule has 3 heteroatoms. The minimum atomic E-state index is 0.448. The molecule has 1 N–H and O–H groups in total. The molecule has 2 heterocycles. The average Bonchev–Trinajstić information content (AvgIpc) is 2.30. The molecule has 82 valence electrons. The van der Waals surface area contributed by atoms with E-state index in [0.29, 0.717) is 6.04 Å². The van der Waals surface area contributed by atoms with Crippen LogP contribution in [0.1, 0.15) is 31.4 Å². The summed E-state index contributed by atoms with van der Waals surface area (Å²) in [5.41, 5.74) is 1.24. The molecule has 1 saturated heterocycles. The molecule has 2 atom stereocenters. The van der Waals surface area contributed by atoms with Crippen LogP contribution in [0.15, 0.2) is 18.5 Å². The smallest absolute Gasteiger partial charge is 0.137 e. The van der Waals surface area contributed by atoms with Crippen molar-refractivity contribution in [3.05, 3.63) is 24.0 Å². The van der Waals surface area contributed by atoms with Gasteiger partial charge in [0.2, 0.25) is 0 Å². The summed E-state index contributed by atoms with van der Waals surface area (Å²) < 4.78 is 5.18. The first-order chi connectivity index (χ1) is 7.29. The zero-order valence-electron chi connectivity index (χ0n) is 9.36. The Bertz CT molecular complexity index is 319. The Balaban J connectivity index is 2.08. The molecule has 15 heavy (non-hydrogen) atoms. The van der Waals surface area contributed by atoms with Crippen molar-refractivity contribution in [1.29, 1.82) is 0 Å². The summed E-state index contributed by atoms with van der Waals surface area (Å²) in [4.78, 5) is 4.18. The summed E-state index contributed by atoms with van der Waals surface area (Å²) in [5.74, 6) is 1.63. The van der Waals surface area contributed by atoms with Crippen molar-refractivity contribution in [3.8, 4) is 5.75 Å². The maximum absolute atomic E-state index is 5.18. The van der Waals surface area contributed by atoms with E-state index in [1.807, 2.05) is 6.20 Å². The summed E-state index contributed by atoms with van der Waals surface area (Å²) in [6.45, 7) is 3.38. The van der Waals surface area contributed by atoms with Crippen molar-refractivity contribution >= 4 is 0 Å². The summed E-state index contributed by atoms with van der Waals surface area (Å²) in [6.07, 6.45) is 6.15. The molecule has 0 aromatic carbocycles. The Morgan fingerprint density at radius 2 is 2.27 bits per heavy atom. The number of pyridine rings is 1. The first-order valence-electron chi connectivity index (χ1n) is 5.52. The molecule has 1 fully saturated rings. The highest BCUT2D eigenvalue weighted by Gasteiger charge is 2.19. The van der Waals surface area contributed by atoms with Gasteiger partial charge in [-0.15, -0.1) is 0 Å². The van der Waals surface area contributed by atoms with E-state index in [0.717, 1.165) is 18.2 Å². The Kier molecular flexibility index (Phi) is 3.21. The number of ether oxygens (including phenoxy) is 1. The zero-order valence-corrected chi connectivity index (χ0v) is 9.36. The van der Waals surface area contributed by atoms with Gasteiger partial charge in [-0.05, 0) is 36.9 Å². The highest BCUT2D eigenvalue weighted by molar-refractivity contribution is 5.26. The van der Waals surface area contributed by atoms with Crippen molar-refractivity contribution in [2.75, 3.05) is 13.7 Å². The Morgan fingerprint density at radius 3 is 2.93 bits per heavy atom.